The van der Waals surface area contributed by atoms with Gasteiger partial charge in [0.25, 0.3) is 0 Å². The monoisotopic (exact) mass is 306 g/mol. The maximum atomic E-state index is 10.9. The van der Waals surface area contributed by atoms with Gasteiger partial charge in [0, 0.05) is 6.61 Å². The average Bonchev–Trinajstić information content (AvgIpc) is 2.87. The second-order valence-corrected chi connectivity index (χ2v) is 10.1. The van der Waals surface area contributed by atoms with Crippen molar-refractivity contribution < 1.29 is 10.2 Å². The summed E-state index contributed by atoms with van der Waals surface area (Å²) in [6, 6.07) is 0. The van der Waals surface area contributed by atoms with E-state index in [0.29, 0.717) is 35.2 Å². The summed E-state index contributed by atoms with van der Waals surface area (Å²) >= 11 is 0. The second kappa shape index (κ2) is 4.51. The van der Waals surface area contributed by atoms with Gasteiger partial charge in [0.15, 0.2) is 0 Å². The highest BCUT2D eigenvalue weighted by molar-refractivity contribution is 5.17. The van der Waals surface area contributed by atoms with E-state index in [9.17, 15) is 10.2 Å². The number of hydrogen-bond acceptors (Lipinski definition) is 2. The van der Waals surface area contributed by atoms with Gasteiger partial charge in [0.2, 0.25) is 0 Å². The highest BCUT2D eigenvalue weighted by Crippen LogP contribution is 2.74. The number of fused-ring (bicyclic) bond motifs is 2. The van der Waals surface area contributed by atoms with Gasteiger partial charge in [-0.1, -0.05) is 20.3 Å². The first-order valence-corrected chi connectivity index (χ1v) is 9.61. The van der Waals surface area contributed by atoms with E-state index in [2.05, 4.69) is 20.8 Å². The van der Waals surface area contributed by atoms with Crippen molar-refractivity contribution in [2.24, 2.45) is 34.0 Å². The summed E-state index contributed by atoms with van der Waals surface area (Å²) in [6.07, 6.45) is 11.2. The summed E-state index contributed by atoms with van der Waals surface area (Å²) in [4.78, 5) is 0. The van der Waals surface area contributed by atoms with Gasteiger partial charge in [0.05, 0.1) is 5.60 Å². The van der Waals surface area contributed by atoms with Gasteiger partial charge in [-0.2, -0.15) is 0 Å². The molecule has 0 aromatic rings. The largest absolute Gasteiger partial charge is 0.396 e. The first kappa shape index (κ1) is 15.4. The fourth-order valence-electron chi connectivity index (χ4n) is 8.00. The molecule has 2 heteroatoms. The Morgan fingerprint density at radius 3 is 2.41 bits per heavy atom. The van der Waals surface area contributed by atoms with Crippen LogP contribution in [-0.2, 0) is 0 Å². The molecule has 4 aliphatic rings. The molecule has 0 amide bonds. The van der Waals surface area contributed by atoms with Crippen molar-refractivity contribution in [3.05, 3.63) is 0 Å². The maximum Gasteiger partial charge on any atom is 0.0650 e. The SMILES string of the molecule is C[C@@]1(CO)CCC[C@@]2(C)[C@H]1CC[C@H]1C[C@@](C)(O)[C@@H]3CC[C@@]12C3. The zero-order chi connectivity index (χ0) is 15.8. The van der Waals surface area contributed by atoms with Crippen molar-refractivity contribution in [2.45, 2.75) is 84.2 Å². The Hall–Kier alpha value is -0.0800. The lowest BCUT2D eigenvalue weighted by Gasteiger charge is -2.67. The van der Waals surface area contributed by atoms with Crippen LogP contribution in [0.5, 0.6) is 0 Å². The molecule has 2 nitrogen and oxygen atoms in total. The molecule has 4 rings (SSSR count). The van der Waals surface area contributed by atoms with Crippen molar-refractivity contribution in [1.29, 1.82) is 0 Å². The molecular weight excluding hydrogens is 272 g/mol. The molecule has 1 spiro atoms. The van der Waals surface area contributed by atoms with E-state index in [1.165, 1.54) is 51.4 Å². The fraction of sp³-hybridized carbons (Fsp3) is 1.00. The molecule has 0 radical (unpaired) electrons. The summed E-state index contributed by atoms with van der Waals surface area (Å²) in [5.41, 5.74) is 0.546. The molecule has 0 heterocycles. The third-order valence-electron chi connectivity index (χ3n) is 9.23. The van der Waals surface area contributed by atoms with Gasteiger partial charge in [-0.05, 0) is 92.3 Å². The van der Waals surface area contributed by atoms with Gasteiger partial charge in [-0.3, -0.25) is 0 Å². The number of hydrogen-bond donors (Lipinski definition) is 2. The predicted octanol–water partition coefficient (Wildman–Crippen LogP) is 4.14. The minimum absolute atomic E-state index is 0.130. The maximum absolute atomic E-state index is 10.9. The molecule has 4 saturated carbocycles. The molecule has 4 aliphatic carbocycles. The first-order chi connectivity index (χ1) is 10.3. The Kier molecular flexibility index (Phi) is 3.16. The van der Waals surface area contributed by atoms with Crippen LogP contribution in [0.4, 0.5) is 0 Å². The highest BCUT2D eigenvalue weighted by Gasteiger charge is 2.68. The van der Waals surface area contributed by atoms with Crippen molar-refractivity contribution in [3.8, 4) is 0 Å². The van der Waals surface area contributed by atoms with E-state index >= 15 is 0 Å². The number of rotatable bonds is 1. The first-order valence-electron chi connectivity index (χ1n) is 9.61. The van der Waals surface area contributed by atoms with E-state index in [1.54, 1.807) is 0 Å². The molecule has 0 saturated heterocycles. The topological polar surface area (TPSA) is 40.5 Å². The van der Waals surface area contributed by atoms with Crippen LogP contribution in [-0.4, -0.2) is 22.4 Å². The molecule has 2 bridgehead atoms. The second-order valence-electron chi connectivity index (χ2n) is 10.1. The molecule has 126 valence electrons. The lowest BCUT2D eigenvalue weighted by molar-refractivity contribution is -0.201. The fourth-order valence-corrected chi connectivity index (χ4v) is 8.00. The van der Waals surface area contributed by atoms with Crippen molar-refractivity contribution in [3.63, 3.8) is 0 Å². The number of aliphatic hydroxyl groups excluding tert-OH is 1. The summed E-state index contributed by atoms with van der Waals surface area (Å²) in [7, 11) is 0. The Morgan fingerprint density at radius 1 is 0.909 bits per heavy atom. The highest BCUT2D eigenvalue weighted by atomic mass is 16.3. The van der Waals surface area contributed by atoms with Crippen molar-refractivity contribution in [2.75, 3.05) is 6.61 Å². The third kappa shape index (κ3) is 1.69. The lowest BCUT2D eigenvalue weighted by Crippen LogP contribution is -2.61. The molecule has 4 fully saturated rings. The Balaban J connectivity index is 1.76. The van der Waals surface area contributed by atoms with Crippen molar-refractivity contribution >= 4 is 0 Å². The van der Waals surface area contributed by atoms with Gasteiger partial charge in [0.1, 0.15) is 0 Å². The van der Waals surface area contributed by atoms with Crippen LogP contribution in [0.25, 0.3) is 0 Å². The van der Waals surface area contributed by atoms with E-state index in [4.69, 9.17) is 0 Å². The van der Waals surface area contributed by atoms with Gasteiger partial charge >= 0.3 is 0 Å². The Morgan fingerprint density at radius 2 is 1.68 bits per heavy atom. The minimum Gasteiger partial charge on any atom is -0.396 e. The van der Waals surface area contributed by atoms with Gasteiger partial charge < -0.3 is 10.2 Å². The molecule has 0 aliphatic heterocycles. The smallest absolute Gasteiger partial charge is 0.0650 e. The lowest BCUT2D eigenvalue weighted by atomic mass is 9.38. The minimum atomic E-state index is -0.428. The third-order valence-corrected chi connectivity index (χ3v) is 9.23. The standard InChI is InChI=1S/C20H34O2/c1-17(13-21)8-4-9-18(2)16(17)6-5-15-11-19(3,22)14-7-10-20(15,18)12-14/h14-16,21-22H,4-13H2,1-3H3/t14-,15+,16+,17+,18+,19-,20-/m1/s1. The van der Waals surface area contributed by atoms with E-state index in [1.807, 2.05) is 0 Å². The van der Waals surface area contributed by atoms with Crippen LogP contribution in [0.1, 0.15) is 78.6 Å². The van der Waals surface area contributed by atoms with E-state index in [0.717, 1.165) is 6.42 Å². The molecule has 0 unspecified atom stereocenters. The molecule has 7 atom stereocenters. The summed E-state index contributed by atoms with van der Waals surface area (Å²) < 4.78 is 0. The van der Waals surface area contributed by atoms with Crippen LogP contribution >= 0.6 is 0 Å². The van der Waals surface area contributed by atoms with Gasteiger partial charge in [-0.15, -0.1) is 0 Å². The summed E-state index contributed by atoms with van der Waals surface area (Å²) in [5, 5.41) is 21.0. The zero-order valence-electron chi connectivity index (χ0n) is 14.7. The Labute approximate surface area is 135 Å². The van der Waals surface area contributed by atoms with Crippen LogP contribution in [0, 0.1) is 34.0 Å². The summed E-state index contributed by atoms with van der Waals surface area (Å²) in [5.74, 6) is 1.90. The van der Waals surface area contributed by atoms with Crippen LogP contribution < -0.4 is 0 Å². The molecule has 2 N–H and O–H groups in total. The van der Waals surface area contributed by atoms with Gasteiger partial charge in [-0.25, -0.2) is 0 Å². The normalized spacial score (nSPS) is 60.7. The van der Waals surface area contributed by atoms with E-state index in [-0.39, 0.29) is 5.41 Å². The van der Waals surface area contributed by atoms with Crippen molar-refractivity contribution in [1.82, 2.24) is 0 Å². The molecule has 0 aromatic carbocycles. The quantitative estimate of drug-likeness (QED) is 0.764. The van der Waals surface area contributed by atoms with E-state index < -0.39 is 5.60 Å². The van der Waals surface area contributed by atoms with Crippen LogP contribution in [0.15, 0.2) is 0 Å². The zero-order valence-corrected chi connectivity index (χ0v) is 14.7. The summed E-state index contributed by atoms with van der Waals surface area (Å²) in [6.45, 7) is 7.37. The average molecular weight is 306 g/mol. The van der Waals surface area contributed by atoms with Crippen LogP contribution in [0.3, 0.4) is 0 Å². The predicted molar refractivity (Wildman–Crippen MR) is 88.4 cm³/mol. The van der Waals surface area contributed by atoms with Crippen LogP contribution in [0.2, 0.25) is 0 Å². The number of aliphatic hydroxyl groups is 2. The molecule has 22 heavy (non-hydrogen) atoms. The Bertz CT molecular complexity index is 472. The molecular formula is C20H34O2. The molecule has 0 aromatic heterocycles.